The molecule has 84 valence electrons. The Morgan fingerprint density at radius 2 is 1.53 bits per heavy atom. The van der Waals surface area contributed by atoms with E-state index in [2.05, 4.69) is 29.2 Å². The average Bonchev–Trinajstić information content (AvgIpc) is 2.72. The Labute approximate surface area is 97.9 Å². The van der Waals surface area contributed by atoms with Gasteiger partial charge >= 0.3 is 0 Å². The summed E-state index contributed by atoms with van der Waals surface area (Å²) in [6.07, 6.45) is 2.72. The Hall–Kier alpha value is -0.570. The van der Waals surface area contributed by atoms with Crippen LogP contribution in [0.1, 0.15) is 24.0 Å². The molecular formula is C12H19ClN2. The van der Waals surface area contributed by atoms with Crippen LogP contribution in [-0.2, 0) is 13.1 Å². The smallest absolute Gasteiger partial charge is 0.0233 e. The van der Waals surface area contributed by atoms with Crippen LogP contribution >= 0.6 is 12.4 Å². The van der Waals surface area contributed by atoms with Gasteiger partial charge in [0.25, 0.3) is 0 Å². The van der Waals surface area contributed by atoms with Gasteiger partial charge in [0.1, 0.15) is 0 Å². The number of hydrogen-bond donors (Lipinski definition) is 1. The van der Waals surface area contributed by atoms with Crippen molar-refractivity contribution in [1.82, 2.24) is 4.90 Å². The van der Waals surface area contributed by atoms with E-state index in [9.17, 15) is 0 Å². The van der Waals surface area contributed by atoms with E-state index in [4.69, 9.17) is 5.73 Å². The average molecular weight is 227 g/mol. The van der Waals surface area contributed by atoms with Gasteiger partial charge in [0, 0.05) is 13.1 Å². The third kappa shape index (κ3) is 3.49. The first-order valence-corrected chi connectivity index (χ1v) is 5.39. The minimum absolute atomic E-state index is 0. The summed E-state index contributed by atoms with van der Waals surface area (Å²) < 4.78 is 0. The van der Waals surface area contributed by atoms with E-state index in [1.807, 2.05) is 0 Å². The van der Waals surface area contributed by atoms with E-state index in [-0.39, 0.29) is 12.4 Å². The summed E-state index contributed by atoms with van der Waals surface area (Å²) in [4.78, 5) is 2.51. The zero-order valence-corrected chi connectivity index (χ0v) is 9.80. The first-order chi connectivity index (χ1) is 6.88. The molecule has 0 atom stereocenters. The largest absolute Gasteiger partial charge is 0.326 e. The van der Waals surface area contributed by atoms with Crippen molar-refractivity contribution < 1.29 is 0 Å². The first-order valence-electron chi connectivity index (χ1n) is 5.39. The SMILES string of the molecule is Cl.NCc1ccc(CN2CCCC2)cc1. The molecule has 2 nitrogen and oxygen atoms in total. The van der Waals surface area contributed by atoms with Crippen LogP contribution in [-0.4, -0.2) is 18.0 Å². The number of benzene rings is 1. The molecule has 2 rings (SSSR count). The van der Waals surface area contributed by atoms with Crippen molar-refractivity contribution in [3.8, 4) is 0 Å². The number of nitrogens with two attached hydrogens (primary N) is 1. The summed E-state index contributed by atoms with van der Waals surface area (Å²) in [5, 5.41) is 0. The summed E-state index contributed by atoms with van der Waals surface area (Å²) in [6, 6.07) is 8.65. The van der Waals surface area contributed by atoms with Gasteiger partial charge in [-0.1, -0.05) is 24.3 Å². The van der Waals surface area contributed by atoms with E-state index in [0.29, 0.717) is 6.54 Å². The lowest BCUT2D eigenvalue weighted by Gasteiger charge is -2.14. The molecule has 1 aromatic carbocycles. The van der Waals surface area contributed by atoms with Crippen LogP contribution in [0, 0.1) is 0 Å². The zero-order valence-electron chi connectivity index (χ0n) is 8.98. The quantitative estimate of drug-likeness (QED) is 0.856. The second-order valence-corrected chi connectivity index (χ2v) is 4.00. The van der Waals surface area contributed by atoms with Gasteiger partial charge in [-0.2, -0.15) is 0 Å². The lowest BCUT2D eigenvalue weighted by atomic mass is 10.1. The molecular weight excluding hydrogens is 208 g/mol. The number of halogens is 1. The van der Waals surface area contributed by atoms with Crippen LogP contribution in [0.2, 0.25) is 0 Å². The number of rotatable bonds is 3. The zero-order chi connectivity index (χ0) is 9.80. The highest BCUT2D eigenvalue weighted by Crippen LogP contribution is 2.12. The first kappa shape index (κ1) is 12.5. The highest BCUT2D eigenvalue weighted by atomic mass is 35.5. The minimum atomic E-state index is 0. The monoisotopic (exact) mass is 226 g/mol. The van der Waals surface area contributed by atoms with Crippen LogP contribution in [0.25, 0.3) is 0 Å². The fraction of sp³-hybridized carbons (Fsp3) is 0.500. The van der Waals surface area contributed by atoms with Gasteiger partial charge < -0.3 is 5.73 Å². The van der Waals surface area contributed by atoms with Gasteiger partial charge in [-0.15, -0.1) is 12.4 Å². The molecule has 3 heteroatoms. The maximum atomic E-state index is 5.55. The highest BCUT2D eigenvalue weighted by molar-refractivity contribution is 5.85. The summed E-state index contributed by atoms with van der Waals surface area (Å²) in [5.74, 6) is 0. The summed E-state index contributed by atoms with van der Waals surface area (Å²) in [7, 11) is 0. The molecule has 2 N–H and O–H groups in total. The maximum absolute atomic E-state index is 5.55. The van der Waals surface area contributed by atoms with E-state index in [1.165, 1.54) is 37.1 Å². The second kappa shape index (κ2) is 6.11. The third-order valence-electron chi connectivity index (χ3n) is 2.86. The maximum Gasteiger partial charge on any atom is 0.0233 e. The van der Waals surface area contributed by atoms with Crippen molar-refractivity contribution in [3.63, 3.8) is 0 Å². The Balaban J connectivity index is 0.00000112. The van der Waals surface area contributed by atoms with Crippen molar-refractivity contribution in [2.24, 2.45) is 5.73 Å². The van der Waals surface area contributed by atoms with Gasteiger partial charge in [0.15, 0.2) is 0 Å². The summed E-state index contributed by atoms with van der Waals surface area (Å²) in [6.45, 7) is 4.27. The van der Waals surface area contributed by atoms with E-state index in [1.54, 1.807) is 0 Å². The molecule has 1 saturated heterocycles. The van der Waals surface area contributed by atoms with Crippen LogP contribution in [0.5, 0.6) is 0 Å². The number of hydrogen-bond acceptors (Lipinski definition) is 2. The normalized spacial score (nSPS) is 16.3. The standard InChI is InChI=1S/C12H18N2.ClH/c13-9-11-3-5-12(6-4-11)10-14-7-1-2-8-14;/h3-6H,1-2,7-10,13H2;1H. The van der Waals surface area contributed by atoms with Crippen LogP contribution < -0.4 is 5.73 Å². The molecule has 0 bridgehead atoms. The van der Waals surface area contributed by atoms with Crippen molar-refractivity contribution in [3.05, 3.63) is 35.4 Å². The van der Waals surface area contributed by atoms with Crippen molar-refractivity contribution in [2.75, 3.05) is 13.1 Å². The molecule has 0 unspecified atom stereocenters. The van der Waals surface area contributed by atoms with Crippen LogP contribution in [0.3, 0.4) is 0 Å². The Morgan fingerprint density at radius 1 is 1.00 bits per heavy atom. The van der Waals surface area contributed by atoms with Gasteiger partial charge in [-0.3, -0.25) is 4.90 Å². The topological polar surface area (TPSA) is 29.3 Å². The van der Waals surface area contributed by atoms with Crippen molar-refractivity contribution >= 4 is 12.4 Å². The predicted molar refractivity (Wildman–Crippen MR) is 66.1 cm³/mol. The fourth-order valence-corrected chi connectivity index (χ4v) is 1.98. The number of nitrogens with zero attached hydrogens (tertiary/aromatic N) is 1. The molecule has 0 spiro atoms. The van der Waals surface area contributed by atoms with Crippen molar-refractivity contribution in [2.45, 2.75) is 25.9 Å². The second-order valence-electron chi connectivity index (χ2n) is 4.00. The summed E-state index contributed by atoms with van der Waals surface area (Å²) in [5.41, 5.74) is 8.18. The van der Waals surface area contributed by atoms with Gasteiger partial charge in [0.05, 0.1) is 0 Å². The van der Waals surface area contributed by atoms with Crippen LogP contribution in [0.15, 0.2) is 24.3 Å². The molecule has 0 saturated carbocycles. The highest BCUT2D eigenvalue weighted by Gasteiger charge is 2.11. The lowest BCUT2D eigenvalue weighted by molar-refractivity contribution is 0.331. The molecule has 1 aliphatic rings. The van der Waals surface area contributed by atoms with Gasteiger partial charge in [-0.05, 0) is 37.1 Å². The lowest BCUT2D eigenvalue weighted by Crippen LogP contribution is -2.18. The molecule has 0 aliphatic carbocycles. The molecule has 0 amide bonds. The van der Waals surface area contributed by atoms with E-state index >= 15 is 0 Å². The Morgan fingerprint density at radius 3 is 2.07 bits per heavy atom. The molecule has 0 radical (unpaired) electrons. The Bertz CT molecular complexity index is 278. The molecule has 1 fully saturated rings. The molecule has 0 aromatic heterocycles. The van der Waals surface area contributed by atoms with Gasteiger partial charge in [-0.25, -0.2) is 0 Å². The van der Waals surface area contributed by atoms with E-state index in [0.717, 1.165) is 6.54 Å². The minimum Gasteiger partial charge on any atom is -0.326 e. The van der Waals surface area contributed by atoms with Crippen molar-refractivity contribution in [1.29, 1.82) is 0 Å². The predicted octanol–water partition coefficient (Wildman–Crippen LogP) is 2.16. The number of likely N-dealkylation sites (tertiary alicyclic amines) is 1. The van der Waals surface area contributed by atoms with E-state index < -0.39 is 0 Å². The van der Waals surface area contributed by atoms with Gasteiger partial charge in [0.2, 0.25) is 0 Å². The summed E-state index contributed by atoms with van der Waals surface area (Å²) >= 11 is 0. The third-order valence-corrected chi connectivity index (χ3v) is 2.86. The molecule has 1 aliphatic heterocycles. The molecule has 1 heterocycles. The van der Waals surface area contributed by atoms with Crippen LogP contribution in [0.4, 0.5) is 0 Å². The Kier molecular flexibility index (Phi) is 5.09. The fourth-order valence-electron chi connectivity index (χ4n) is 1.98. The molecule has 15 heavy (non-hydrogen) atoms. The molecule has 1 aromatic rings.